The van der Waals surface area contributed by atoms with E-state index in [1.54, 1.807) is 12.1 Å². The molecule has 0 bridgehead atoms. The van der Waals surface area contributed by atoms with E-state index < -0.39 is 0 Å². The van der Waals surface area contributed by atoms with Gasteiger partial charge < -0.3 is 5.32 Å². The number of nitrogens with zero attached hydrogens (tertiary/aromatic N) is 3. The number of carbonyl (C=O) groups is 1. The van der Waals surface area contributed by atoms with Crippen molar-refractivity contribution in [1.82, 2.24) is 15.0 Å². The highest BCUT2D eigenvalue weighted by molar-refractivity contribution is 5.94. The van der Waals surface area contributed by atoms with E-state index in [-0.39, 0.29) is 11.7 Å². The number of anilines is 1. The third-order valence-electron chi connectivity index (χ3n) is 3.65. The topological polar surface area (TPSA) is 59.8 Å². The first-order chi connectivity index (χ1) is 11.4. The minimum absolute atomic E-state index is 0.0154. The number of rotatable bonds is 4. The number of amides is 1. The number of aromatic nitrogens is 3. The molecular formula is C18H19FN4O. The third-order valence-corrected chi connectivity index (χ3v) is 3.65. The van der Waals surface area contributed by atoms with Gasteiger partial charge in [0, 0.05) is 12.1 Å². The summed E-state index contributed by atoms with van der Waals surface area (Å²) in [5.41, 5.74) is 3.73. The Morgan fingerprint density at radius 2 is 1.79 bits per heavy atom. The molecule has 0 aliphatic carbocycles. The van der Waals surface area contributed by atoms with Crippen LogP contribution in [-0.2, 0) is 4.79 Å². The second-order valence-corrected chi connectivity index (χ2v) is 6.27. The summed E-state index contributed by atoms with van der Waals surface area (Å²) in [6, 6.07) is 9.67. The van der Waals surface area contributed by atoms with Crippen molar-refractivity contribution < 1.29 is 9.18 Å². The Hall–Kier alpha value is -2.76. The minimum atomic E-state index is -0.304. The van der Waals surface area contributed by atoms with Crippen LogP contribution in [0.5, 0.6) is 0 Å². The van der Waals surface area contributed by atoms with E-state index in [4.69, 9.17) is 0 Å². The molecule has 2 aromatic carbocycles. The number of nitrogens with one attached hydrogen (secondary N) is 1. The zero-order chi connectivity index (χ0) is 17.3. The van der Waals surface area contributed by atoms with Crippen LogP contribution in [0.15, 0.2) is 36.4 Å². The van der Waals surface area contributed by atoms with Crippen LogP contribution in [0.2, 0.25) is 0 Å². The Morgan fingerprint density at radius 3 is 2.42 bits per heavy atom. The van der Waals surface area contributed by atoms with Gasteiger partial charge in [0.2, 0.25) is 5.91 Å². The number of carbonyl (C=O) groups excluding carboxylic acids is 1. The third kappa shape index (κ3) is 3.42. The van der Waals surface area contributed by atoms with Crippen LogP contribution < -0.4 is 5.32 Å². The standard InChI is InChI=1S/C18H19FN4O/c1-11(2)8-18(24)20-15-10-17-16(9-12(15)3)21-23(22-17)14-6-4-13(19)5-7-14/h4-7,9-11H,8H2,1-3H3,(H,20,24). The number of benzene rings is 2. The molecule has 3 aromatic rings. The fourth-order valence-corrected chi connectivity index (χ4v) is 2.46. The lowest BCUT2D eigenvalue weighted by molar-refractivity contribution is -0.116. The molecule has 0 saturated heterocycles. The molecule has 0 saturated carbocycles. The van der Waals surface area contributed by atoms with Crippen LogP contribution in [0.4, 0.5) is 10.1 Å². The number of aryl methyl sites for hydroxylation is 1. The maximum absolute atomic E-state index is 13.0. The van der Waals surface area contributed by atoms with Crippen molar-refractivity contribution in [1.29, 1.82) is 0 Å². The molecule has 24 heavy (non-hydrogen) atoms. The maximum atomic E-state index is 13.0. The predicted octanol–water partition coefficient (Wildman–Crippen LogP) is 3.85. The van der Waals surface area contributed by atoms with Gasteiger partial charge in [-0.1, -0.05) is 13.8 Å². The van der Waals surface area contributed by atoms with Crippen molar-refractivity contribution in [2.24, 2.45) is 5.92 Å². The molecule has 1 N–H and O–H groups in total. The van der Waals surface area contributed by atoms with Gasteiger partial charge in [-0.15, -0.1) is 10.2 Å². The summed E-state index contributed by atoms with van der Waals surface area (Å²) in [5, 5.41) is 11.8. The lowest BCUT2D eigenvalue weighted by Crippen LogP contribution is -2.14. The minimum Gasteiger partial charge on any atom is -0.326 e. The van der Waals surface area contributed by atoms with Crippen LogP contribution in [-0.4, -0.2) is 20.9 Å². The fraction of sp³-hybridized carbons (Fsp3) is 0.278. The van der Waals surface area contributed by atoms with Crippen molar-refractivity contribution in [3.63, 3.8) is 0 Å². The van der Waals surface area contributed by atoms with E-state index in [2.05, 4.69) is 15.5 Å². The summed E-state index contributed by atoms with van der Waals surface area (Å²) in [7, 11) is 0. The van der Waals surface area contributed by atoms with Crippen molar-refractivity contribution in [3.8, 4) is 5.69 Å². The molecule has 0 unspecified atom stereocenters. The monoisotopic (exact) mass is 326 g/mol. The first-order valence-corrected chi connectivity index (χ1v) is 7.86. The van der Waals surface area contributed by atoms with Gasteiger partial charge >= 0.3 is 0 Å². The summed E-state index contributed by atoms with van der Waals surface area (Å²) in [4.78, 5) is 13.4. The van der Waals surface area contributed by atoms with Crippen molar-refractivity contribution in [2.75, 3.05) is 5.32 Å². The molecule has 3 rings (SSSR count). The van der Waals surface area contributed by atoms with Crippen molar-refractivity contribution >= 4 is 22.6 Å². The summed E-state index contributed by atoms with van der Waals surface area (Å²) in [5.74, 6) is -0.0202. The molecule has 0 fully saturated rings. The van der Waals surface area contributed by atoms with Crippen LogP contribution in [0, 0.1) is 18.7 Å². The Morgan fingerprint density at radius 1 is 1.17 bits per heavy atom. The number of fused-ring (bicyclic) bond motifs is 1. The highest BCUT2D eigenvalue weighted by atomic mass is 19.1. The van der Waals surface area contributed by atoms with E-state index in [1.165, 1.54) is 16.9 Å². The molecule has 124 valence electrons. The van der Waals surface area contributed by atoms with Crippen LogP contribution in [0.3, 0.4) is 0 Å². The Bertz CT molecular complexity index is 884. The van der Waals surface area contributed by atoms with E-state index in [9.17, 15) is 9.18 Å². The van der Waals surface area contributed by atoms with E-state index in [0.717, 1.165) is 16.8 Å². The molecule has 5 nitrogen and oxygen atoms in total. The fourth-order valence-electron chi connectivity index (χ4n) is 2.46. The van der Waals surface area contributed by atoms with Crippen molar-refractivity contribution in [3.05, 3.63) is 47.8 Å². The smallest absolute Gasteiger partial charge is 0.224 e. The second-order valence-electron chi connectivity index (χ2n) is 6.27. The highest BCUT2D eigenvalue weighted by Crippen LogP contribution is 2.22. The zero-order valence-corrected chi connectivity index (χ0v) is 13.9. The summed E-state index contributed by atoms with van der Waals surface area (Å²) in [6.07, 6.45) is 0.472. The molecule has 0 atom stereocenters. The average molecular weight is 326 g/mol. The van der Waals surface area contributed by atoms with E-state index >= 15 is 0 Å². The van der Waals surface area contributed by atoms with Gasteiger partial charge in [-0.2, -0.15) is 4.80 Å². The Balaban J connectivity index is 1.93. The molecule has 0 radical (unpaired) electrons. The van der Waals surface area contributed by atoms with Gasteiger partial charge in [0.05, 0.1) is 5.69 Å². The summed E-state index contributed by atoms with van der Waals surface area (Å²) in [6.45, 7) is 5.93. The Labute approximate surface area is 139 Å². The number of hydrogen-bond acceptors (Lipinski definition) is 3. The normalized spacial score (nSPS) is 11.2. The number of halogens is 1. The van der Waals surface area contributed by atoms with Gasteiger partial charge in [-0.25, -0.2) is 4.39 Å². The van der Waals surface area contributed by atoms with Crippen LogP contribution in [0.25, 0.3) is 16.7 Å². The van der Waals surface area contributed by atoms with E-state index in [0.29, 0.717) is 23.5 Å². The van der Waals surface area contributed by atoms with Gasteiger partial charge in [0.1, 0.15) is 16.9 Å². The lowest BCUT2D eigenvalue weighted by Gasteiger charge is -2.09. The first kappa shape index (κ1) is 16.1. The van der Waals surface area contributed by atoms with Gasteiger partial charge in [0.25, 0.3) is 0 Å². The molecule has 0 aliphatic rings. The second kappa shape index (κ2) is 6.39. The molecule has 0 spiro atoms. The van der Waals surface area contributed by atoms with Crippen LogP contribution in [0.1, 0.15) is 25.8 Å². The highest BCUT2D eigenvalue weighted by Gasteiger charge is 2.11. The lowest BCUT2D eigenvalue weighted by atomic mass is 10.1. The molecule has 1 heterocycles. The molecule has 1 aromatic heterocycles. The average Bonchev–Trinajstić information content (AvgIpc) is 2.90. The maximum Gasteiger partial charge on any atom is 0.224 e. The molecule has 6 heteroatoms. The Kier molecular flexibility index (Phi) is 4.29. The summed E-state index contributed by atoms with van der Waals surface area (Å²) >= 11 is 0. The van der Waals surface area contributed by atoms with Gasteiger partial charge in [0.15, 0.2) is 0 Å². The summed E-state index contributed by atoms with van der Waals surface area (Å²) < 4.78 is 13.0. The molecule has 0 aliphatic heterocycles. The van der Waals surface area contributed by atoms with Crippen molar-refractivity contribution in [2.45, 2.75) is 27.2 Å². The first-order valence-electron chi connectivity index (χ1n) is 7.86. The SMILES string of the molecule is Cc1cc2nn(-c3ccc(F)cc3)nc2cc1NC(=O)CC(C)C. The zero-order valence-electron chi connectivity index (χ0n) is 13.9. The predicted molar refractivity (Wildman–Crippen MR) is 91.6 cm³/mol. The van der Waals surface area contributed by atoms with Gasteiger partial charge in [-0.3, -0.25) is 4.79 Å². The van der Waals surface area contributed by atoms with Gasteiger partial charge in [-0.05, 0) is 54.8 Å². The van der Waals surface area contributed by atoms with Crippen LogP contribution >= 0.6 is 0 Å². The molecule has 1 amide bonds. The quantitative estimate of drug-likeness (QED) is 0.792. The molecular weight excluding hydrogens is 307 g/mol. The van der Waals surface area contributed by atoms with E-state index in [1.807, 2.05) is 32.9 Å². The number of hydrogen-bond donors (Lipinski definition) is 1. The largest absolute Gasteiger partial charge is 0.326 e.